The van der Waals surface area contributed by atoms with E-state index in [4.69, 9.17) is 0 Å². The van der Waals surface area contributed by atoms with Crippen LogP contribution in [-0.2, 0) is 0 Å². The van der Waals surface area contributed by atoms with E-state index in [1.165, 1.54) is 65.3 Å². The molecule has 9 aromatic carbocycles. The van der Waals surface area contributed by atoms with Crippen molar-refractivity contribution in [2.24, 2.45) is 0 Å². The molecule has 0 saturated carbocycles. The molecule has 0 N–H and O–H groups in total. The summed E-state index contributed by atoms with van der Waals surface area (Å²) < 4.78 is 0. The van der Waals surface area contributed by atoms with E-state index in [0.29, 0.717) is 0 Å². The van der Waals surface area contributed by atoms with Gasteiger partial charge in [0, 0.05) is 17.1 Å². The lowest BCUT2D eigenvalue weighted by Gasteiger charge is -2.27. The maximum Gasteiger partial charge on any atom is 0.0468 e. The van der Waals surface area contributed by atoms with Gasteiger partial charge in [-0.15, -0.1) is 0 Å². The second kappa shape index (κ2) is 11.3. The fourth-order valence-electron chi connectivity index (χ4n) is 7.18. The average molecular weight is 598 g/mol. The lowest BCUT2D eigenvalue weighted by molar-refractivity contribution is 1.29. The SMILES string of the molecule is c1ccc(-c2ccc(N(c3ccc(-c4cccc5ccccc45)cc3)c3ccc4c5ccccc5c5ccccc5c4c3)cc2)cc1. The maximum absolute atomic E-state index is 2.38. The van der Waals surface area contributed by atoms with Gasteiger partial charge in [0.25, 0.3) is 0 Å². The molecule has 220 valence electrons. The largest absolute Gasteiger partial charge is 0.310 e. The first-order valence-electron chi connectivity index (χ1n) is 16.2. The van der Waals surface area contributed by atoms with Gasteiger partial charge in [-0.3, -0.25) is 0 Å². The van der Waals surface area contributed by atoms with Gasteiger partial charge in [-0.25, -0.2) is 0 Å². The van der Waals surface area contributed by atoms with Crippen molar-refractivity contribution in [3.8, 4) is 22.3 Å². The predicted octanol–water partition coefficient (Wildman–Crippen LogP) is 13.1. The number of anilines is 3. The van der Waals surface area contributed by atoms with Crippen LogP contribution in [0.15, 0.2) is 188 Å². The van der Waals surface area contributed by atoms with E-state index in [0.717, 1.165) is 17.1 Å². The minimum Gasteiger partial charge on any atom is -0.310 e. The Morgan fingerprint density at radius 1 is 0.255 bits per heavy atom. The Labute approximate surface area is 274 Å². The van der Waals surface area contributed by atoms with Crippen LogP contribution in [0.25, 0.3) is 65.3 Å². The molecule has 0 amide bonds. The highest BCUT2D eigenvalue weighted by molar-refractivity contribution is 6.25. The van der Waals surface area contributed by atoms with Gasteiger partial charge in [-0.05, 0) is 102 Å². The van der Waals surface area contributed by atoms with Gasteiger partial charge in [-0.2, -0.15) is 0 Å². The summed E-state index contributed by atoms with van der Waals surface area (Å²) in [6.07, 6.45) is 0. The molecule has 0 bridgehead atoms. The van der Waals surface area contributed by atoms with Gasteiger partial charge in [0.05, 0.1) is 0 Å². The molecular weight excluding hydrogens is 567 g/mol. The number of hydrogen-bond acceptors (Lipinski definition) is 1. The Balaban J connectivity index is 1.22. The molecule has 0 aliphatic rings. The molecule has 0 aliphatic heterocycles. The van der Waals surface area contributed by atoms with Crippen molar-refractivity contribution >= 4 is 60.2 Å². The van der Waals surface area contributed by atoms with E-state index in [-0.39, 0.29) is 0 Å². The molecule has 1 heteroatoms. The van der Waals surface area contributed by atoms with E-state index >= 15 is 0 Å². The Kier molecular flexibility index (Phi) is 6.54. The van der Waals surface area contributed by atoms with Crippen LogP contribution >= 0.6 is 0 Å². The highest BCUT2D eigenvalue weighted by Crippen LogP contribution is 2.42. The summed E-state index contributed by atoms with van der Waals surface area (Å²) >= 11 is 0. The van der Waals surface area contributed by atoms with Crippen LogP contribution in [0.5, 0.6) is 0 Å². The highest BCUT2D eigenvalue weighted by atomic mass is 15.1. The van der Waals surface area contributed by atoms with Crippen LogP contribution in [0.4, 0.5) is 17.1 Å². The number of fused-ring (bicyclic) bond motifs is 7. The first-order valence-corrected chi connectivity index (χ1v) is 16.2. The molecular formula is C46H31N. The van der Waals surface area contributed by atoms with Gasteiger partial charge in [-0.1, -0.05) is 152 Å². The highest BCUT2D eigenvalue weighted by Gasteiger charge is 2.16. The van der Waals surface area contributed by atoms with Crippen LogP contribution in [0, 0.1) is 0 Å². The van der Waals surface area contributed by atoms with Gasteiger partial charge in [0.2, 0.25) is 0 Å². The lowest BCUT2D eigenvalue weighted by atomic mass is 9.94. The fraction of sp³-hybridized carbons (Fsp3) is 0. The second-order valence-electron chi connectivity index (χ2n) is 12.1. The van der Waals surface area contributed by atoms with Crippen LogP contribution in [0.1, 0.15) is 0 Å². The fourth-order valence-corrected chi connectivity index (χ4v) is 7.18. The molecule has 0 spiro atoms. The third kappa shape index (κ3) is 4.72. The first-order chi connectivity index (χ1) is 23.3. The third-order valence-corrected chi connectivity index (χ3v) is 9.44. The number of rotatable bonds is 5. The molecule has 9 rings (SSSR count). The van der Waals surface area contributed by atoms with Crippen molar-refractivity contribution in [3.05, 3.63) is 188 Å². The Hall–Kier alpha value is -6.18. The predicted molar refractivity (Wildman–Crippen MR) is 202 cm³/mol. The summed E-state index contributed by atoms with van der Waals surface area (Å²) in [7, 11) is 0. The monoisotopic (exact) mass is 597 g/mol. The van der Waals surface area contributed by atoms with Crippen LogP contribution in [0.2, 0.25) is 0 Å². The van der Waals surface area contributed by atoms with E-state index in [1.54, 1.807) is 0 Å². The topological polar surface area (TPSA) is 3.24 Å². The number of hydrogen-bond donors (Lipinski definition) is 0. The maximum atomic E-state index is 2.38. The van der Waals surface area contributed by atoms with E-state index < -0.39 is 0 Å². The molecule has 1 nitrogen and oxygen atoms in total. The van der Waals surface area contributed by atoms with Crippen LogP contribution < -0.4 is 4.90 Å². The third-order valence-electron chi connectivity index (χ3n) is 9.44. The summed E-state index contributed by atoms with van der Waals surface area (Å²) in [5, 5.41) is 10.2. The van der Waals surface area contributed by atoms with Crippen molar-refractivity contribution < 1.29 is 0 Å². The van der Waals surface area contributed by atoms with E-state index in [9.17, 15) is 0 Å². The standard InChI is InChI=1S/C46H31N/c1-2-11-32(12-3-1)33-21-25-36(26-22-33)47(37-27-23-35(24-28-37)40-20-10-14-34-13-4-5-15-39(34)40)38-29-30-45-43-18-7-6-16-41(43)42-17-8-9-19-44(42)46(45)31-38/h1-31H. The van der Waals surface area contributed by atoms with Gasteiger partial charge >= 0.3 is 0 Å². The Bertz CT molecular complexity index is 2510. The zero-order valence-electron chi connectivity index (χ0n) is 25.8. The molecule has 9 aromatic rings. The van der Waals surface area contributed by atoms with E-state index in [2.05, 4.69) is 193 Å². The first kappa shape index (κ1) is 27.2. The summed E-state index contributed by atoms with van der Waals surface area (Å²) in [6.45, 7) is 0. The molecule has 0 aromatic heterocycles. The zero-order valence-corrected chi connectivity index (χ0v) is 25.8. The van der Waals surface area contributed by atoms with Crippen molar-refractivity contribution in [1.82, 2.24) is 0 Å². The minimum atomic E-state index is 1.12. The number of nitrogens with zero attached hydrogens (tertiary/aromatic N) is 1. The molecule has 0 radical (unpaired) electrons. The number of benzene rings is 9. The second-order valence-corrected chi connectivity index (χ2v) is 12.1. The molecule has 0 fully saturated rings. The average Bonchev–Trinajstić information content (AvgIpc) is 3.16. The van der Waals surface area contributed by atoms with Crippen LogP contribution in [-0.4, -0.2) is 0 Å². The van der Waals surface area contributed by atoms with Gasteiger partial charge < -0.3 is 4.90 Å². The lowest BCUT2D eigenvalue weighted by Crippen LogP contribution is -2.10. The van der Waals surface area contributed by atoms with Crippen molar-refractivity contribution in [2.45, 2.75) is 0 Å². The Morgan fingerprint density at radius 3 is 1.34 bits per heavy atom. The summed E-state index contributed by atoms with van der Waals surface area (Å²) in [4.78, 5) is 2.38. The van der Waals surface area contributed by atoms with Crippen molar-refractivity contribution in [1.29, 1.82) is 0 Å². The quantitative estimate of drug-likeness (QED) is 0.178. The summed E-state index contributed by atoms with van der Waals surface area (Å²) in [5.74, 6) is 0. The molecule has 0 saturated heterocycles. The smallest absolute Gasteiger partial charge is 0.0468 e. The van der Waals surface area contributed by atoms with Crippen molar-refractivity contribution in [3.63, 3.8) is 0 Å². The summed E-state index contributed by atoms with van der Waals surface area (Å²) in [6, 6.07) is 68.2. The minimum absolute atomic E-state index is 1.12. The Morgan fingerprint density at radius 2 is 0.702 bits per heavy atom. The molecule has 0 atom stereocenters. The molecule has 47 heavy (non-hydrogen) atoms. The van der Waals surface area contributed by atoms with Crippen LogP contribution in [0.3, 0.4) is 0 Å². The molecule has 0 heterocycles. The van der Waals surface area contributed by atoms with Gasteiger partial charge in [0.1, 0.15) is 0 Å². The van der Waals surface area contributed by atoms with Crippen molar-refractivity contribution in [2.75, 3.05) is 4.90 Å². The van der Waals surface area contributed by atoms with Gasteiger partial charge in [0.15, 0.2) is 0 Å². The summed E-state index contributed by atoms with van der Waals surface area (Å²) in [5.41, 5.74) is 8.24. The zero-order chi connectivity index (χ0) is 31.2. The molecule has 0 aliphatic carbocycles. The van der Waals surface area contributed by atoms with E-state index in [1.807, 2.05) is 0 Å². The normalized spacial score (nSPS) is 11.4. The molecule has 0 unspecified atom stereocenters.